The molecule has 0 radical (unpaired) electrons. The van der Waals surface area contributed by atoms with Crippen LogP contribution in [0, 0.1) is 51.0 Å². The normalized spacial score (nSPS) is 10.9. The number of nitrogens with zero attached hydrogens (tertiary/aromatic N) is 6. The van der Waals surface area contributed by atoms with Crippen LogP contribution in [0.3, 0.4) is 0 Å². The van der Waals surface area contributed by atoms with E-state index < -0.39 is 38.6 Å². The van der Waals surface area contributed by atoms with E-state index in [9.17, 15) is 35.6 Å². The molecule has 0 unspecified atom stereocenters. The van der Waals surface area contributed by atoms with Gasteiger partial charge in [0.1, 0.15) is 45.3 Å². The molecule has 4 heterocycles. The summed E-state index contributed by atoms with van der Waals surface area (Å²) in [5, 5.41) is 10.8. The van der Waals surface area contributed by atoms with Crippen molar-refractivity contribution in [1.82, 2.24) is 29.1 Å². The maximum absolute atomic E-state index is 14.2. The first kappa shape index (κ1) is 47.2. The molecular formula is C42H38F4N8O6S3. The summed E-state index contributed by atoms with van der Waals surface area (Å²) in [5.41, 5.74) is 8.25. The minimum Gasteiger partial charge on any atom is -0.481 e. The molecule has 4 N–H and O–H groups in total. The molecule has 14 nitrogen and oxygen atoms in total. The summed E-state index contributed by atoms with van der Waals surface area (Å²) in [6.45, 7) is 9.35. The second kappa shape index (κ2) is 19.9. The third-order valence-electron chi connectivity index (χ3n) is 8.74. The van der Waals surface area contributed by atoms with Crippen LogP contribution >= 0.6 is 22.7 Å². The first-order chi connectivity index (χ1) is 29.7. The van der Waals surface area contributed by atoms with Crippen LogP contribution in [-0.4, -0.2) is 54.3 Å². The highest BCUT2D eigenvalue weighted by Crippen LogP contribution is 2.27. The number of halogens is 4. The molecule has 0 bridgehead atoms. The number of aromatic nitrogens is 6. The van der Waals surface area contributed by atoms with Gasteiger partial charge in [0.15, 0.2) is 16.4 Å². The lowest BCUT2D eigenvalue weighted by molar-refractivity contribution is -0.134. The Labute approximate surface area is 364 Å². The Kier molecular flexibility index (Phi) is 14.9. The van der Waals surface area contributed by atoms with Gasteiger partial charge in [-0.3, -0.25) is 23.5 Å². The van der Waals surface area contributed by atoms with E-state index >= 15 is 0 Å². The van der Waals surface area contributed by atoms with E-state index in [1.807, 2.05) is 0 Å². The molecule has 4 aromatic heterocycles. The van der Waals surface area contributed by atoms with E-state index in [2.05, 4.69) is 25.3 Å². The Morgan fingerprint density at radius 2 is 1.19 bits per heavy atom. The summed E-state index contributed by atoms with van der Waals surface area (Å²) in [6.07, 6.45) is 2.43. The zero-order chi connectivity index (χ0) is 46.3. The highest BCUT2D eigenvalue weighted by atomic mass is 32.2. The summed E-state index contributed by atoms with van der Waals surface area (Å²) in [6, 6.07) is 18.5. The van der Waals surface area contributed by atoms with E-state index in [4.69, 9.17) is 15.6 Å². The molecule has 0 aliphatic carbocycles. The molecule has 21 heteroatoms. The molecule has 4 aromatic carbocycles. The molecule has 8 rings (SSSR count). The standard InChI is InChI=1S/C19H14F2N4OS.C14H12FN3O3S2.C7H8FN.C2H4O2/c1-10-6-7-12(8-14(10)21)23-19-24-17-16(27-19)18(26)25(9-22-17)15-11(2)4-3-5-13(15)20;1-3-23(20,21)14-17-12-11(22-14)13(19)18(7-16-12)10-8(2)5-4-6-9(10)15;1-5-2-3-6(9)4-7(5)8;1-2(3)4/h3-9H,1-2H3,(H,23,24);4-7H,3H2,1-2H3;2-4H,9H2,1H3;1H3,(H,3,4). The highest BCUT2D eigenvalue weighted by Gasteiger charge is 2.22. The molecule has 0 saturated carbocycles. The van der Waals surface area contributed by atoms with Crippen molar-refractivity contribution in [3.63, 3.8) is 0 Å². The van der Waals surface area contributed by atoms with Gasteiger partial charge in [0.05, 0.1) is 17.1 Å². The number of aryl methyl sites for hydroxylation is 4. The topological polar surface area (TPSA) is 205 Å². The Balaban J connectivity index is 0.000000187. The summed E-state index contributed by atoms with van der Waals surface area (Å²) in [5.74, 6) is -2.59. The maximum atomic E-state index is 14.2. The number of hydrogen-bond donors (Lipinski definition) is 3. The average Bonchev–Trinajstić information content (AvgIpc) is 3.86. The Morgan fingerprint density at radius 3 is 1.65 bits per heavy atom. The summed E-state index contributed by atoms with van der Waals surface area (Å²) in [7, 11) is -3.53. The average molecular weight is 923 g/mol. The lowest BCUT2D eigenvalue weighted by Crippen LogP contribution is -2.19. The van der Waals surface area contributed by atoms with E-state index in [0.29, 0.717) is 38.8 Å². The van der Waals surface area contributed by atoms with Gasteiger partial charge in [0, 0.05) is 18.3 Å². The molecule has 8 aromatic rings. The van der Waals surface area contributed by atoms with Crippen LogP contribution in [0.15, 0.2) is 99.4 Å². The number of carboxylic acid groups (broad SMARTS) is 1. The number of hydrogen-bond acceptors (Lipinski definition) is 13. The number of rotatable bonds is 6. The number of aliphatic carboxylic acids is 1. The maximum Gasteiger partial charge on any atom is 0.300 e. The first-order valence-corrected chi connectivity index (χ1v) is 21.7. The summed E-state index contributed by atoms with van der Waals surface area (Å²) >= 11 is 1.84. The number of fused-ring (bicyclic) bond motifs is 2. The first-order valence-electron chi connectivity index (χ1n) is 18.5. The number of benzene rings is 4. The largest absolute Gasteiger partial charge is 0.481 e. The zero-order valence-corrected chi connectivity index (χ0v) is 36.7. The summed E-state index contributed by atoms with van der Waals surface area (Å²) < 4.78 is 80.8. The van der Waals surface area contributed by atoms with E-state index in [1.165, 1.54) is 42.1 Å². The van der Waals surface area contributed by atoms with Crippen molar-refractivity contribution < 1.29 is 35.9 Å². The fraction of sp³-hybridized carbons (Fsp3) is 0.167. The van der Waals surface area contributed by atoms with Crippen LogP contribution in [0.5, 0.6) is 0 Å². The van der Waals surface area contributed by atoms with Crippen LogP contribution in [-0.2, 0) is 14.6 Å². The van der Waals surface area contributed by atoms with Gasteiger partial charge in [-0.1, -0.05) is 66.0 Å². The zero-order valence-electron chi connectivity index (χ0n) is 34.3. The van der Waals surface area contributed by atoms with Gasteiger partial charge in [-0.25, -0.2) is 40.9 Å². The quantitative estimate of drug-likeness (QED) is 0.106. The van der Waals surface area contributed by atoms with Crippen LogP contribution in [0.4, 0.5) is 34.1 Å². The van der Waals surface area contributed by atoms with Gasteiger partial charge in [0.2, 0.25) is 14.2 Å². The molecule has 0 aliphatic rings. The van der Waals surface area contributed by atoms with Gasteiger partial charge in [-0.05, 0) is 86.3 Å². The lowest BCUT2D eigenvalue weighted by atomic mass is 10.2. The predicted octanol–water partition coefficient (Wildman–Crippen LogP) is 8.37. The number of nitrogen functional groups attached to an aromatic ring is 1. The lowest BCUT2D eigenvalue weighted by Gasteiger charge is -2.09. The minimum absolute atomic E-state index is 0.0530. The number of para-hydroxylation sites is 2. The predicted molar refractivity (Wildman–Crippen MR) is 236 cm³/mol. The molecular weight excluding hydrogens is 885 g/mol. The van der Waals surface area contributed by atoms with Crippen LogP contribution in [0.1, 0.15) is 36.1 Å². The van der Waals surface area contributed by atoms with Crippen LogP contribution in [0.25, 0.3) is 32.1 Å². The van der Waals surface area contributed by atoms with Crippen molar-refractivity contribution in [2.24, 2.45) is 0 Å². The molecule has 0 atom stereocenters. The highest BCUT2D eigenvalue weighted by molar-refractivity contribution is 7.93. The smallest absolute Gasteiger partial charge is 0.300 e. The molecule has 0 amide bonds. The van der Waals surface area contributed by atoms with Crippen molar-refractivity contribution in [3.05, 3.63) is 152 Å². The molecule has 0 spiro atoms. The number of thiazole rings is 2. The minimum atomic E-state index is -3.53. The van der Waals surface area contributed by atoms with Crippen LogP contribution in [0.2, 0.25) is 0 Å². The van der Waals surface area contributed by atoms with E-state index in [-0.39, 0.29) is 53.8 Å². The van der Waals surface area contributed by atoms with Crippen molar-refractivity contribution >= 4 is 75.7 Å². The molecule has 328 valence electrons. The number of anilines is 3. The molecule has 0 aliphatic heterocycles. The van der Waals surface area contributed by atoms with Gasteiger partial charge in [-0.15, -0.1) is 0 Å². The van der Waals surface area contributed by atoms with E-state index in [1.54, 1.807) is 76.2 Å². The number of carboxylic acids is 1. The van der Waals surface area contributed by atoms with Gasteiger partial charge >= 0.3 is 0 Å². The third kappa shape index (κ3) is 11.2. The number of carbonyl (C=O) groups is 1. The second-order valence-corrected chi connectivity index (χ2v) is 17.9. The van der Waals surface area contributed by atoms with Gasteiger partial charge in [0.25, 0.3) is 17.1 Å². The van der Waals surface area contributed by atoms with E-state index in [0.717, 1.165) is 40.5 Å². The third-order valence-corrected chi connectivity index (χ3v) is 12.9. The number of nitrogens with one attached hydrogen (secondary N) is 1. The van der Waals surface area contributed by atoms with Gasteiger partial charge < -0.3 is 16.2 Å². The number of sulfone groups is 1. The second-order valence-electron chi connectivity index (χ2n) is 13.5. The van der Waals surface area contributed by atoms with Gasteiger partial charge in [-0.2, -0.15) is 4.98 Å². The molecule has 63 heavy (non-hydrogen) atoms. The fourth-order valence-corrected chi connectivity index (χ4v) is 8.63. The number of nitrogens with two attached hydrogens (primary N) is 1. The monoisotopic (exact) mass is 922 g/mol. The Hall–Kier alpha value is -6.84. The van der Waals surface area contributed by atoms with Crippen molar-refractivity contribution in [1.29, 1.82) is 0 Å². The Bertz CT molecular complexity index is 3180. The van der Waals surface area contributed by atoms with Crippen molar-refractivity contribution in [3.8, 4) is 11.4 Å². The van der Waals surface area contributed by atoms with Crippen LogP contribution < -0.4 is 22.2 Å². The van der Waals surface area contributed by atoms with Crippen molar-refractivity contribution in [2.45, 2.75) is 45.9 Å². The molecule has 0 saturated heterocycles. The van der Waals surface area contributed by atoms with Crippen molar-refractivity contribution in [2.75, 3.05) is 16.8 Å². The Morgan fingerprint density at radius 1 is 0.714 bits per heavy atom. The SMILES string of the molecule is CC(=O)O.CCS(=O)(=O)c1nc2ncn(-c3c(C)cccc3F)c(=O)c2s1.Cc1ccc(N)cc1F.Cc1ccc(Nc2nc3ncn(-c4c(C)cccc4F)c(=O)c3s2)cc1F. The molecule has 0 fully saturated rings. The summed E-state index contributed by atoms with van der Waals surface area (Å²) in [4.78, 5) is 50.8. The fourth-order valence-electron chi connectivity index (χ4n) is 5.50.